The fourth-order valence-corrected chi connectivity index (χ4v) is 4.40. The van der Waals surface area contributed by atoms with E-state index in [0.29, 0.717) is 6.04 Å². The number of amides is 1. The highest BCUT2D eigenvalue weighted by Gasteiger charge is 2.36. The lowest BCUT2D eigenvalue weighted by molar-refractivity contribution is 0.0694. The number of aromatic nitrogens is 1. The first-order valence-electron chi connectivity index (χ1n) is 7.55. The molecule has 1 amide bonds. The van der Waals surface area contributed by atoms with Crippen LogP contribution in [0.4, 0.5) is 0 Å². The van der Waals surface area contributed by atoms with E-state index in [-0.39, 0.29) is 5.91 Å². The highest BCUT2D eigenvalue weighted by atomic mass is 32.1. The lowest BCUT2D eigenvalue weighted by Gasteiger charge is -2.29. The van der Waals surface area contributed by atoms with Gasteiger partial charge in [0.05, 0.1) is 11.2 Å². The molecule has 0 spiro atoms. The molecule has 1 aliphatic heterocycles. The number of hydrogen-bond acceptors (Lipinski definition) is 3. The van der Waals surface area contributed by atoms with Gasteiger partial charge >= 0.3 is 0 Å². The largest absolute Gasteiger partial charge is 0.335 e. The number of carbonyl (C=O) groups is 1. The minimum Gasteiger partial charge on any atom is -0.335 e. The van der Waals surface area contributed by atoms with Crippen LogP contribution < -0.4 is 0 Å². The number of hydrogen-bond donors (Lipinski definition) is 0. The van der Waals surface area contributed by atoms with Crippen LogP contribution in [0.2, 0.25) is 0 Å². The maximum absolute atomic E-state index is 12.6. The fraction of sp³-hybridized carbons (Fsp3) is 0.733. The van der Waals surface area contributed by atoms with Gasteiger partial charge in [-0.15, -0.1) is 11.3 Å². The number of aryl methyl sites for hydroxylation is 1. The molecular weight excluding hydrogens is 256 g/mol. The molecule has 0 bridgehead atoms. The second-order valence-corrected chi connectivity index (χ2v) is 6.84. The van der Waals surface area contributed by atoms with E-state index in [1.807, 2.05) is 0 Å². The summed E-state index contributed by atoms with van der Waals surface area (Å²) in [4.78, 5) is 19.9. The van der Waals surface area contributed by atoms with E-state index in [1.54, 1.807) is 17.5 Å². The normalized spacial score (nSPS) is 24.3. The summed E-state index contributed by atoms with van der Waals surface area (Å²) in [5.41, 5.74) is 0. The van der Waals surface area contributed by atoms with E-state index < -0.39 is 0 Å². The maximum Gasteiger partial charge on any atom is 0.265 e. The SMILES string of the molecule is CCc1ncc(C(=O)N2CCCC2C2CCCC2)s1. The van der Waals surface area contributed by atoms with Crippen molar-refractivity contribution in [3.8, 4) is 0 Å². The zero-order chi connectivity index (χ0) is 13.2. The van der Waals surface area contributed by atoms with Crippen molar-refractivity contribution in [2.45, 2.75) is 57.9 Å². The molecule has 1 aromatic heterocycles. The summed E-state index contributed by atoms with van der Waals surface area (Å²) in [5, 5.41) is 1.07. The molecule has 1 aliphatic carbocycles. The average Bonchev–Trinajstić information content (AvgIpc) is 3.16. The molecule has 1 atom stereocenters. The fourth-order valence-electron chi connectivity index (χ4n) is 3.59. The Bertz CT molecular complexity index is 451. The zero-order valence-electron chi connectivity index (χ0n) is 11.6. The van der Waals surface area contributed by atoms with Crippen LogP contribution in [0.25, 0.3) is 0 Å². The molecule has 3 nitrogen and oxygen atoms in total. The summed E-state index contributed by atoms with van der Waals surface area (Å²) in [5.74, 6) is 0.983. The van der Waals surface area contributed by atoms with Gasteiger partial charge < -0.3 is 4.90 Å². The molecule has 2 heterocycles. The van der Waals surface area contributed by atoms with Crippen molar-refractivity contribution in [2.75, 3.05) is 6.54 Å². The predicted octanol–water partition coefficient (Wildman–Crippen LogP) is 3.50. The Morgan fingerprint density at radius 2 is 2.16 bits per heavy atom. The van der Waals surface area contributed by atoms with Gasteiger partial charge in [0, 0.05) is 12.6 Å². The monoisotopic (exact) mass is 278 g/mol. The van der Waals surface area contributed by atoms with E-state index in [9.17, 15) is 4.79 Å². The summed E-state index contributed by atoms with van der Waals surface area (Å²) in [6.45, 7) is 3.03. The lowest BCUT2D eigenvalue weighted by Crippen LogP contribution is -2.39. The molecule has 1 unspecified atom stereocenters. The number of likely N-dealkylation sites (tertiary alicyclic amines) is 1. The molecular formula is C15H22N2OS. The number of nitrogens with zero attached hydrogens (tertiary/aromatic N) is 2. The Kier molecular flexibility index (Phi) is 3.87. The van der Waals surface area contributed by atoms with Gasteiger partial charge in [0.2, 0.25) is 0 Å². The molecule has 2 fully saturated rings. The summed E-state index contributed by atoms with van der Waals surface area (Å²) in [6, 6.07) is 0.502. The third-order valence-corrected chi connectivity index (χ3v) is 5.70. The van der Waals surface area contributed by atoms with Crippen molar-refractivity contribution in [2.24, 2.45) is 5.92 Å². The Morgan fingerprint density at radius 3 is 2.84 bits per heavy atom. The smallest absolute Gasteiger partial charge is 0.265 e. The molecule has 1 saturated heterocycles. The standard InChI is InChI=1S/C15H22N2OS/c1-2-14-16-10-13(19-14)15(18)17-9-5-8-12(17)11-6-3-4-7-11/h10-12H,2-9H2,1H3. The summed E-state index contributed by atoms with van der Waals surface area (Å²) >= 11 is 1.57. The first kappa shape index (κ1) is 13.1. The first-order chi connectivity index (χ1) is 9.29. The first-order valence-corrected chi connectivity index (χ1v) is 8.37. The van der Waals surface area contributed by atoms with Crippen molar-refractivity contribution in [3.05, 3.63) is 16.1 Å². The predicted molar refractivity (Wildman–Crippen MR) is 77.5 cm³/mol. The lowest BCUT2D eigenvalue weighted by atomic mass is 9.96. The quantitative estimate of drug-likeness (QED) is 0.848. The minimum absolute atomic E-state index is 0.228. The van der Waals surface area contributed by atoms with E-state index in [2.05, 4.69) is 16.8 Å². The molecule has 3 rings (SSSR count). The van der Waals surface area contributed by atoms with Crippen LogP contribution in [0.3, 0.4) is 0 Å². The molecule has 104 valence electrons. The molecule has 0 N–H and O–H groups in total. The van der Waals surface area contributed by atoms with Crippen LogP contribution in [0.1, 0.15) is 60.1 Å². The van der Waals surface area contributed by atoms with Gasteiger partial charge in [-0.2, -0.15) is 0 Å². The second-order valence-electron chi connectivity index (χ2n) is 5.72. The van der Waals surface area contributed by atoms with Crippen LogP contribution in [0.15, 0.2) is 6.20 Å². The van der Waals surface area contributed by atoms with Crippen molar-refractivity contribution in [1.82, 2.24) is 9.88 Å². The summed E-state index contributed by atoms with van der Waals surface area (Å²) < 4.78 is 0. The number of thiazole rings is 1. The topological polar surface area (TPSA) is 33.2 Å². The second kappa shape index (κ2) is 5.61. The minimum atomic E-state index is 0.228. The molecule has 0 aromatic carbocycles. The van der Waals surface area contributed by atoms with Crippen molar-refractivity contribution >= 4 is 17.2 Å². The highest BCUT2D eigenvalue weighted by Crippen LogP contribution is 2.36. The van der Waals surface area contributed by atoms with Crippen molar-refractivity contribution < 1.29 is 4.79 Å². The highest BCUT2D eigenvalue weighted by molar-refractivity contribution is 7.13. The van der Waals surface area contributed by atoms with Gasteiger partial charge in [0.15, 0.2) is 0 Å². The van der Waals surface area contributed by atoms with Gasteiger partial charge in [0.1, 0.15) is 4.88 Å². The van der Waals surface area contributed by atoms with Gasteiger partial charge in [-0.1, -0.05) is 19.8 Å². The van der Waals surface area contributed by atoms with Crippen LogP contribution in [-0.4, -0.2) is 28.4 Å². The van der Waals surface area contributed by atoms with E-state index >= 15 is 0 Å². The number of rotatable bonds is 3. The van der Waals surface area contributed by atoms with E-state index in [0.717, 1.165) is 28.8 Å². The molecule has 1 aromatic rings. The van der Waals surface area contributed by atoms with Crippen LogP contribution in [0, 0.1) is 5.92 Å². The molecule has 4 heteroatoms. The molecule has 1 saturated carbocycles. The average molecular weight is 278 g/mol. The van der Waals surface area contributed by atoms with E-state index in [1.165, 1.54) is 38.5 Å². The van der Waals surface area contributed by atoms with Gasteiger partial charge in [-0.3, -0.25) is 4.79 Å². The third-order valence-electron chi connectivity index (χ3n) is 4.57. The summed E-state index contributed by atoms with van der Waals surface area (Å²) in [7, 11) is 0. The van der Waals surface area contributed by atoms with Crippen LogP contribution in [-0.2, 0) is 6.42 Å². The van der Waals surface area contributed by atoms with Crippen LogP contribution >= 0.6 is 11.3 Å². The van der Waals surface area contributed by atoms with Crippen LogP contribution in [0.5, 0.6) is 0 Å². The molecule has 19 heavy (non-hydrogen) atoms. The third kappa shape index (κ3) is 2.55. The Balaban J connectivity index is 1.74. The van der Waals surface area contributed by atoms with Crippen molar-refractivity contribution in [1.29, 1.82) is 0 Å². The van der Waals surface area contributed by atoms with Gasteiger partial charge in [0.25, 0.3) is 5.91 Å². The number of carbonyl (C=O) groups excluding carboxylic acids is 1. The van der Waals surface area contributed by atoms with Gasteiger partial charge in [-0.25, -0.2) is 4.98 Å². The Morgan fingerprint density at radius 1 is 1.37 bits per heavy atom. The maximum atomic E-state index is 12.6. The van der Waals surface area contributed by atoms with Crippen molar-refractivity contribution in [3.63, 3.8) is 0 Å². The van der Waals surface area contributed by atoms with E-state index in [4.69, 9.17) is 0 Å². The summed E-state index contributed by atoms with van der Waals surface area (Å²) in [6.07, 6.45) is 10.4. The Hall–Kier alpha value is -0.900. The zero-order valence-corrected chi connectivity index (χ0v) is 12.4. The molecule has 0 radical (unpaired) electrons. The molecule has 2 aliphatic rings. The Labute approximate surface area is 119 Å². The van der Waals surface area contributed by atoms with Gasteiger partial charge in [-0.05, 0) is 38.0 Å².